The molecule has 2 heteroatoms. The van der Waals surface area contributed by atoms with Gasteiger partial charge >= 0.3 is 0 Å². The van der Waals surface area contributed by atoms with Gasteiger partial charge in [-0.05, 0) is 57.3 Å². The van der Waals surface area contributed by atoms with E-state index in [1.807, 2.05) is 0 Å². The molecule has 0 aromatic rings. The Morgan fingerprint density at radius 3 is 2.40 bits per heavy atom. The lowest BCUT2D eigenvalue weighted by atomic mass is 9.98. The first kappa shape index (κ1) is 10.4. The first-order chi connectivity index (χ1) is 7.07. The van der Waals surface area contributed by atoms with E-state index in [0.717, 1.165) is 17.8 Å². The van der Waals surface area contributed by atoms with Crippen LogP contribution in [0.15, 0.2) is 0 Å². The van der Waals surface area contributed by atoms with Crippen LogP contribution in [0.3, 0.4) is 0 Å². The predicted octanol–water partition coefficient (Wildman–Crippen LogP) is 3.12. The Morgan fingerprint density at radius 1 is 1.20 bits per heavy atom. The number of hydrogen-bond donors (Lipinski definition) is 0. The summed E-state index contributed by atoms with van der Waals surface area (Å²) in [5.74, 6) is 3.22. The van der Waals surface area contributed by atoms with E-state index in [9.17, 15) is 0 Å². The van der Waals surface area contributed by atoms with Crippen molar-refractivity contribution < 1.29 is 0 Å². The SMILES string of the molecule is CC1(C)C(Cl)CCN1CC1CC2CC2C1. The van der Waals surface area contributed by atoms with Gasteiger partial charge in [0.15, 0.2) is 0 Å². The minimum absolute atomic E-state index is 0.230. The lowest BCUT2D eigenvalue weighted by Crippen LogP contribution is -2.45. The summed E-state index contributed by atoms with van der Waals surface area (Å²) in [5, 5.41) is 0.355. The van der Waals surface area contributed by atoms with E-state index in [-0.39, 0.29) is 5.54 Å². The summed E-state index contributed by atoms with van der Waals surface area (Å²) in [6.07, 6.45) is 5.72. The summed E-state index contributed by atoms with van der Waals surface area (Å²) < 4.78 is 0. The molecule has 3 rings (SSSR count). The van der Waals surface area contributed by atoms with Crippen LogP contribution in [0.1, 0.15) is 39.5 Å². The van der Waals surface area contributed by atoms with E-state index in [4.69, 9.17) is 11.6 Å². The summed E-state index contributed by atoms with van der Waals surface area (Å²) in [6.45, 7) is 7.15. The lowest BCUT2D eigenvalue weighted by molar-refractivity contribution is 0.146. The Bertz CT molecular complexity index is 253. The maximum absolute atomic E-state index is 6.38. The van der Waals surface area contributed by atoms with Crippen LogP contribution >= 0.6 is 11.6 Å². The molecule has 1 aliphatic heterocycles. The van der Waals surface area contributed by atoms with Crippen LogP contribution in [0.5, 0.6) is 0 Å². The van der Waals surface area contributed by atoms with E-state index in [0.29, 0.717) is 5.38 Å². The van der Waals surface area contributed by atoms with Crippen molar-refractivity contribution >= 4 is 11.6 Å². The second-order valence-electron chi connectivity index (χ2n) is 6.45. The molecule has 1 saturated heterocycles. The predicted molar refractivity (Wildman–Crippen MR) is 64.2 cm³/mol. The van der Waals surface area contributed by atoms with E-state index in [1.54, 1.807) is 0 Å². The molecule has 1 nitrogen and oxygen atoms in total. The van der Waals surface area contributed by atoms with E-state index in [2.05, 4.69) is 18.7 Å². The molecule has 3 aliphatic rings. The second kappa shape index (κ2) is 3.37. The standard InChI is InChI=1S/C13H22ClN/c1-13(2)12(14)3-4-15(13)8-9-5-10-7-11(10)6-9/h9-12H,3-8H2,1-2H3. The van der Waals surface area contributed by atoms with Crippen molar-refractivity contribution in [2.24, 2.45) is 17.8 Å². The van der Waals surface area contributed by atoms with Gasteiger partial charge in [0.1, 0.15) is 0 Å². The largest absolute Gasteiger partial charge is 0.296 e. The molecule has 0 bridgehead atoms. The van der Waals surface area contributed by atoms with Crippen molar-refractivity contribution in [3.8, 4) is 0 Å². The molecule has 15 heavy (non-hydrogen) atoms. The highest BCUT2D eigenvalue weighted by Crippen LogP contribution is 2.54. The van der Waals surface area contributed by atoms with Crippen molar-refractivity contribution in [2.45, 2.75) is 50.4 Å². The molecule has 0 spiro atoms. The highest BCUT2D eigenvalue weighted by molar-refractivity contribution is 6.21. The van der Waals surface area contributed by atoms with Gasteiger partial charge in [0, 0.05) is 18.6 Å². The molecule has 86 valence electrons. The van der Waals surface area contributed by atoms with Gasteiger partial charge < -0.3 is 0 Å². The fourth-order valence-electron chi connectivity index (χ4n) is 3.74. The number of likely N-dealkylation sites (tertiary alicyclic amines) is 1. The molecule has 3 atom stereocenters. The maximum Gasteiger partial charge on any atom is 0.0526 e. The highest BCUT2D eigenvalue weighted by Gasteiger charge is 2.48. The highest BCUT2D eigenvalue weighted by atomic mass is 35.5. The molecule has 2 aliphatic carbocycles. The van der Waals surface area contributed by atoms with Gasteiger partial charge in [-0.15, -0.1) is 11.6 Å². The molecule has 0 N–H and O–H groups in total. The van der Waals surface area contributed by atoms with Gasteiger partial charge in [0.2, 0.25) is 0 Å². The molecule has 3 unspecified atom stereocenters. The maximum atomic E-state index is 6.38. The summed E-state index contributed by atoms with van der Waals surface area (Å²) in [6, 6.07) is 0. The molecule has 0 amide bonds. The Balaban J connectivity index is 1.59. The lowest BCUT2D eigenvalue weighted by Gasteiger charge is -2.35. The topological polar surface area (TPSA) is 3.24 Å². The summed E-state index contributed by atoms with van der Waals surface area (Å²) >= 11 is 6.38. The summed E-state index contributed by atoms with van der Waals surface area (Å²) in [5.41, 5.74) is 0.230. The zero-order valence-electron chi connectivity index (χ0n) is 9.88. The molecule has 2 saturated carbocycles. The van der Waals surface area contributed by atoms with Crippen LogP contribution in [0, 0.1) is 17.8 Å². The molecular weight excluding hydrogens is 206 g/mol. The number of rotatable bonds is 2. The Kier molecular flexibility index (Phi) is 2.34. The Hall–Kier alpha value is 0.250. The first-order valence-corrected chi connectivity index (χ1v) is 6.90. The third-order valence-corrected chi connectivity index (χ3v) is 5.81. The van der Waals surface area contributed by atoms with Crippen LogP contribution in [-0.4, -0.2) is 28.9 Å². The van der Waals surface area contributed by atoms with E-state index < -0.39 is 0 Å². The van der Waals surface area contributed by atoms with Gasteiger partial charge in [0.05, 0.1) is 5.38 Å². The number of alkyl halides is 1. The van der Waals surface area contributed by atoms with E-state index in [1.165, 1.54) is 38.8 Å². The van der Waals surface area contributed by atoms with Crippen LogP contribution in [-0.2, 0) is 0 Å². The number of fused-ring (bicyclic) bond motifs is 1. The van der Waals surface area contributed by atoms with Gasteiger partial charge in [0.25, 0.3) is 0 Å². The number of halogens is 1. The fourth-order valence-corrected chi connectivity index (χ4v) is 3.97. The second-order valence-corrected chi connectivity index (χ2v) is 6.98. The Labute approximate surface area is 98.2 Å². The zero-order chi connectivity index (χ0) is 10.6. The summed E-state index contributed by atoms with van der Waals surface area (Å²) in [7, 11) is 0. The zero-order valence-corrected chi connectivity index (χ0v) is 10.6. The van der Waals surface area contributed by atoms with Gasteiger partial charge in [-0.2, -0.15) is 0 Å². The van der Waals surface area contributed by atoms with E-state index >= 15 is 0 Å². The smallest absolute Gasteiger partial charge is 0.0526 e. The molecule has 0 aromatic heterocycles. The molecule has 3 fully saturated rings. The quantitative estimate of drug-likeness (QED) is 0.656. The molecule has 0 radical (unpaired) electrons. The minimum atomic E-state index is 0.230. The van der Waals surface area contributed by atoms with Crippen molar-refractivity contribution in [2.75, 3.05) is 13.1 Å². The average Bonchev–Trinajstić information content (AvgIpc) is 2.71. The van der Waals surface area contributed by atoms with Gasteiger partial charge in [-0.25, -0.2) is 0 Å². The van der Waals surface area contributed by atoms with Crippen molar-refractivity contribution in [1.82, 2.24) is 4.90 Å². The normalized spacial score (nSPS) is 48.2. The fraction of sp³-hybridized carbons (Fsp3) is 1.00. The van der Waals surface area contributed by atoms with Crippen LogP contribution in [0.2, 0.25) is 0 Å². The van der Waals surface area contributed by atoms with Crippen molar-refractivity contribution in [3.63, 3.8) is 0 Å². The van der Waals surface area contributed by atoms with Crippen LogP contribution in [0.4, 0.5) is 0 Å². The first-order valence-electron chi connectivity index (χ1n) is 6.46. The van der Waals surface area contributed by atoms with Crippen molar-refractivity contribution in [1.29, 1.82) is 0 Å². The number of hydrogen-bond acceptors (Lipinski definition) is 1. The van der Waals surface area contributed by atoms with Crippen LogP contribution < -0.4 is 0 Å². The molecular formula is C13H22ClN. The monoisotopic (exact) mass is 227 g/mol. The minimum Gasteiger partial charge on any atom is -0.296 e. The van der Waals surface area contributed by atoms with Crippen LogP contribution in [0.25, 0.3) is 0 Å². The molecule has 1 heterocycles. The third-order valence-electron chi connectivity index (χ3n) is 5.05. The average molecular weight is 228 g/mol. The van der Waals surface area contributed by atoms with Crippen molar-refractivity contribution in [3.05, 3.63) is 0 Å². The third kappa shape index (κ3) is 1.72. The van der Waals surface area contributed by atoms with Gasteiger partial charge in [-0.1, -0.05) is 0 Å². The van der Waals surface area contributed by atoms with Gasteiger partial charge in [-0.3, -0.25) is 4.90 Å². The Morgan fingerprint density at radius 2 is 1.87 bits per heavy atom. The molecule has 0 aromatic carbocycles. The summed E-state index contributed by atoms with van der Waals surface area (Å²) in [4.78, 5) is 2.64. The number of nitrogens with zero attached hydrogens (tertiary/aromatic N) is 1.